The molecule has 0 aromatic carbocycles. The molecular formula is C5H4Cl2N2. The molecule has 0 saturated heterocycles. The van der Waals surface area contributed by atoms with Gasteiger partial charge in [0.25, 0.3) is 0 Å². The molecule has 4 heteroatoms. The third-order valence-corrected chi connectivity index (χ3v) is 1.25. The molecule has 0 N–H and O–H groups in total. The van der Waals surface area contributed by atoms with Crippen molar-refractivity contribution >= 4 is 29.2 Å². The minimum absolute atomic E-state index is 0.716. The average Bonchev–Trinajstić information content (AvgIpc) is 1.90. The van der Waals surface area contributed by atoms with E-state index in [1.807, 2.05) is 0 Å². The Hall–Kier alpha value is -0.470. The first kappa shape index (κ1) is 6.65. The summed E-state index contributed by atoms with van der Waals surface area (Å²) in [5.74, 6) is 0. The molecular weight excluding hydrogens is 159 g/mol. The quantitative estimate of drug-likeness (QED) is 0.590. The van der Waals surface area contributed by atoms with E-state index in [-0.39, 0.29) is 0 Å². The summed E-state index contributed by atoms with van der Waals surface area (Å²) in [6.07, 6.45) is 3.24. The fourth-order valence-corrected chi connectivity index (χ4v) is 0.682. The summed E-state index contributed by atoms with van der Waals surface area (Å²) in [4.78, 5) is 3.78. The number of halogens is 2. The van der Waals surface area contributed by atoms with Crippen molar-refractivity contribution < 1.29 is 0 Å². The molecule has 0 bridgehead atoms. The molecule has 48 valence electrons. The maximum absolute atomic E-state index is 5.37. The molecule has 1 aromatic heterocycles. The molecule has 0 aliphatic carbocycles. The Bertz CT molecular complexity index is 176. The number of aromatic nitrogens is 1. The summed E-state index contributed by atoms with van der Waals surface area (Å²) in [6.45, 7) is 0. The van der Waals surface area contributed by atoms with E-state index in [2.05, 4.69) is 4.98 Å². The molecule has 0 atom stereocenters. The molecule has 0 aliphatic rings. The van der Waals surface area contributed by atoms with Crippen molar-refractivity contribution in [2.45, 2.75) is 0 Å². The van der Waals surface area contributed by atoms with Gasteiger partial charge in [-0.05, 0) is 12.1 Å². The molecule has 0 amide bonds. The van der Waals surface area contributed by atoms with E-state index in [1.165, 1.54) is 0 Å². The van der Waals surface area contributed by atoms with Gasteiger partial charge >= 0.3 is 0 Å². The summed E-state index contributed by atoms with van der Waals surface area (Å²) in [6, 6.07) is 3.42. The van der Waals surface area contributed by atoms with E-state index >= 15 is 0 Å². The van der Waals surface area contributed by atoms with Gasteiger partial charge in [-0.3, -0.25) is 4.98 Å². The number of hydrogen-bond donors (Lipinski definition) is 0. The molecule has 0 radical (unpaired) electrons. The van der Waals surface area contributed by atoms with Crippen molar-refractivity contribution in [3.63, 3.8) is 0 Å². The van der Waals surface area contributed by atoms with Crippen molar-refractivity contribution in [2.24, 2.45) is 0 Å². The SMILES string of the molecule is ClN(Cl)c1ccncc1. The van der Waals surface area contributed by atoms with Gasteiger partial charge in [-0.1, -0.05) is 0 Å². The molecule has 0 saturated carbocycles. The van der Waals surface area contributed by atoms with Crippen molar-refractivity contribution in [3.8, 4) is 0 Å². The molecule has 0 aliphatic heterocycles. The summed E-state index contributed by atoms with van der Waals surface area (Å²) in [5, 5.41) is 0. The van der Waals surface area contributed by atoms with Gasteiger partial charge < -0.3 is 0 Å². The second kappa shape index (κ2) is 2.90. The van der Waals surface area contributed by atoms with Crippen LogP contribution in [0.4, 0.5) is 5.69 Å². The Morgan fingerprint density at radius 2 is 1.78 bits per heavy atom. The van der Waals surface area contributed by atoms with E-state index < -0.39 is 0 Å². The summed E-state index contributed by atoms with van der Waals surface area (Å²) in [5.41, 5.74) is 0.716. The van der Waals surface area contributed by atoms with Gasteiger partial charge in [0.15, 0.2) is 0 Å². The molecule has 9 heavy (non-hydrogen) atoms. The van der Waals surface area contributed by atoms with Crippen LogP contribution in [0, 0.1) is 0 Å². The van der Waals surface area contributed by atoms with Crippen LogP contribution in [0.5, 0.6) is 0 Å². The lowest BCUT2D eigenvalue weighted by atomic mass is 10.4. The van der Waals surface area contributed by atoms with Crippen LogP contribution in [0.25, 0.3) is 0 Å². The van der Waals surface area contributed by atoms with Crippen molar-refractivity contribution in [2.75, 3.05) is 3.94 Å². The lowest BCUT2D eigenvalue weighted by Gasteiger charge is -2.01. The van der Waals surface area contributed by atoms with Crippen LogP contribution < -0.4 is 3.94 Å². The molecule has 0 fully saturated rings. The third-order valence-electron chi connectivity index (χ3n) is 0.858. The fourth-order valence-electron chi connectivity index (χ4n) is 0.457. The maximum atomic E-state index is 5.37. The predicted octanol–water partition coefficient (Wildman–Crippen LogP) is 2.20. The third kappa shape index (κ3) is 1.73. The minimum Gasteiger partial charge on any atom is -0.265 e. The van der Waals surface area contributed by atoms with Crippen molar-refractivity contribution in [1.29, 1.82) is 0 Å². The number of pyridine rings is 1. The van der Waals surface area contributed by atoms with E-state index in [4.69, 9.17) is 23.6 Å². The normalized spacial score (nSPS) is 9.11. The molecule has 2 nitrogen and oxygen atoms in total. The standard InChI is InChI=1S/C5H4Cl2N2/c6-9(7)5-1-3-8-4-2-5/h1-4H. The highest BCUT2D eigenvalue weighted by Crippen LogP contribution is 2.15. The second-order valence-electron chi connectivity index (χ2n) is 1.44. The van der Waals surface area contributed by atoms with E-state index in [9.17, 15) is 0 Å². The zero-order valence-corrected chi connectivity index (χ0v) is 5.97. The first-order chi connectivity index (χ1) is 4.30. The van der Waals surface area contributed by atoms with Gasteiger partial charge in [0.1, 0.15) is 0 Å². The van der Waals surface area contributed by atoms with Gasteiger partial charge in [-0.25, -0.2) is 0 Å². The van der Waals surface area contributed by atoms with Gasteiger partial charge in [-0.15, -0.1) is 0 Å². The second-order valence-corrected chi connectivity index (χ2v) is 2.29. The highest BCUT2D eigenvalue weighted by atomic mass is 35.5. The molecule has 1 rings (SSSR count). The van der Waals surface area contributed by atoms with E-state index in [1.54, 1.807) is 24.5 Å². The lowest BCUT2D eigenvalue weighted by molar-refractivity contribution is 1.32. The van der Waals surface area contributed by atoms with Crippen LogP contribution in [0.1, 0.15) is 0 Å². The lowest BCUT2D eigenvalue weighted by Crippen LogP contribution is -1.90. The number of hydrogen-bond acceptors (Lipinski definition) is 2. The minimum atomic E-state index is 0.716. The number of nitrogens with zero attached hydrogens (tertiary/aromatic N) is 2. The van der Waals surface area contributed by atoms with Crippen LogP contribution in [0.3, 0.4) is 0 Å². The number of rotatable bonds is 1. The van der Waals surface area contributed by atoms with Gasteiger partial charge in [0, 0.05) is 35.9 Å². The Balaban J connectivity index is 2.85. The smallest absolute Gasteiger partial charge is 0.0740 e. The van der Waals surface area contributed by atoms with Crippen LogP contribution >= 0.6 is 23.6 Å². The highest BCUT2D eigenvalue weighted by Gasteiger charge is 1.94. The Morgan fingerprint density at radius 1 is 1.22 bits per heavy atom. The van der Waals surface area contributed by atoms with Crippen LogP contribution in [0.2, 0.25) is 0 Å². The maximum Gasteiger partial charge on any atom is 0.0740 e. The topological polar surface area (TPSA) is 16.1 Å². The molecule has 0 unspecified atom stereocenters. The summed E-state index contributed by atoms with van der Waals surface area (Å²) in [7, 11) is 0. The Morgan fingerprint density at radius 3 is 2.11 bits per heavy atom. The summed E-state index contributed by atoms with van der Waals surface area (Å²) >= 11 is 10.7. The summed E-state index contributed by atoms with van der Waals surface area (Å²) < 4.78 is 0.988. The zero-order valence-electron chi connectivity index (χ0n) is 4.46. The van der Waals surface area contributed by atoms with Crippen molar-refractivity contribution in [1.82, 2.24) is 4.98 Å². The first-order valence-corrected chi connectivity index (χ1v) is 3.00. The molecule has 0 spiro atoms. The fraction of sp³-hybridized carbons (Fsp3) is 0. The molecule has 1 heterocycles. The monoisotopic (exact) mass is 162 g/mol. The van der Waals surface area contributed by atoms with Crippen LogP contribution in [-0.2, 0) is 0 Å². The molecule has 1 aromatic rings. The van der Waals surface area contributed by atoms with Crippen LogP contribution in [-0.4, -0.2) is 4.98 Å². The highest BCUT2D eigenvalue weighted by molar-refractivity contribution is 6.49. The van der Waals surface area contributed by atoms with Crippen molar-refractivity contribution in [3.05, 3.63) is 24.5 Å². The van der Waals surface area contributed by atoms with Crippen LogP contribution in [0.15, 0.2) is 24.5 Å². The van der Waals surface area contributed by atoms with E-state index in [0.29, 0.717) is 5.69 Å². The van der Waals surface area contributed by atoms with Gasteiger partial charge in [0.2, 0.25) is 0 Å². The van der Waals surface area contributed by atoms with E-state index in [0.717, 1.165) is 3.94 Å². The Labute approximate surface area is 63.2 Å². The zero-order chi connectivity index (χ0) is 6.69. The van der Waals surface area contributed by atoms with Gasteiger partial charge in [-0.2, -0.15) is 3.94 Å². The predicted molar refractivity (Wildman–Crippen MR) is 38.4 cm³/mol. The Kier molecular flexibility index (Phi) is 2.14. The number of anilines is 1. The van der Waals surface area contributed by atoms with Gasteiger partial charge in [0.05, 0.1) is 5.69 Å². The average molecular weight is 163 g/mol. The first-order valence-electron chi connectivity index (χ1n) is 2.32. The largest absolute Gasteiger partial charge is 0.265 e.